The van der Waals surface area contributed by atoms with E-state index >= 15 is 0 Å². The molecule has 1 saturated heterocycles. The van der Waals surface area contributed by atoms with Crippen LogP contribution in [-0.2, 0) is 0 Å². The zero-order valence-electron chi connectivity index (χ0n) is 11.2. The van der Waals surface area contributed by atoms with Gasteiger partial charge in [0.15, 0.2) is 0 Å². The van der Waals surface area contributed by atoms with Crippen molar-refractivity contribution < 1.29 is 0 Å². The maximum absolute atomic E-state index is 3.68. The molecule has 1 unspecified atom stereocenters. The first-order chi connectivity index (χ1) is 8.16. The molecule has 1 heterocycles. The molecule has 1 aliphatic rings. The van der Waals surface area contributed by atoms with E-state index < -0.39 is 0 Å². The molecular weight excluding hydrogens is 208 g/mol. The number of rotatable bonds is 3. The second-order valence-electron chi connectivity index (χ2n) is 5.59. The second kappa shape index (κ2) is 5.65. The molecule has 2 nitrogen and oxygen atoms in total. The van der Waals surface area contributed by atoms with Gasteiger partial charge in [0.2, 0.25) is 0 Å². The maximum atomic E-state index is 3.68. The van der Waals surface area contributed by atoms with E-state index in [1.165, 1.54) is 12.0 Å². The summed E-state index contributed by atoms with van der Waals surface area (Å²) in [6, 6.07) is 11.9. The molecule has 1 aliphatic heterocycles. The lowest BCUT2D eigenvalue weighted by atomic mass is 9.97. The quantitative estimate of drug-likeness (QED) is 0.862. The summed E-state index contributed by atoms with van der Waals surface area (Å²) in [5.74, 6) is 0.775. The highest BCUT2D eigenvalue weighted by molar-refractivity contribution is 5.20. The third-order valence-corrected chi connectivity index (χ3v) is 3.64. The summed E-state index contributed by atoms with van der Waals surface area (Å²) in [5.41, 5.74) is 1.40. The Morgan fingerprint density at radius 2 is 2.00 bits per heavy atom. The first-order valence-corrected chi connectivity index (χ1v) is 6.65. The molecule has 0 spiro atoms. The van der Waals surface area contributed by atoms with E-state index in [2.05, 4.69) is 61.4 Å². The number of nitrogens with zero attached hydrogens (tertiary/aromatic N) is 1. The smallest absolute Gasteiger partial charge is 0.0449 e. The van der Waals surface area contributed by atoms with Crippen LogP contribution >= 0.6 is 0 Å². The Hall–Kier alpha value is -0.860. The van der Waals surface area contributed by atoms with Crippen molar-refractivity contribution in [2.75, 3.05) is 20.1 Å². The predicted molar refractivity (Wildman–Crippen MR) is 73.1 cm³/mol. The van der Waals surface area contributed by atoms with E-state index in [0.29, 0.717) is 12.1 Å². The van der Waals surface area contributed by atoms with Gasteiger partial charge < -0.3 is 10.2 Å². The molecule has 17 heavy (non-hydrogen) atoms. The van der Waals surface area contributed by atoms with Crippen LogP contribution in [0.15, 0.2) is 30.3 Å². The Morgan fingerprint density at radius 1 is 1.29 bits per heavy atom. The van der Waals surface area contributed by atoms with E-state index in [9.17, 15) is 0 Å². The second-order valence-corrected chi connectivity index (χ2v) is 5.59. The minimum absolute atomic E-state index is 0.490. The number of nitrogens with one attached hydrogen (secondary N) is 1. The van der Waals surface area contributed by atoms with Crippen molar-refractivity contribution in [1.29, 1.82) is 0 Å². The molecule has 1 aromatic rings. The van der Waals surface area contributed by atoms with Gasteiger partial charge in [0, 0.05) is 25.2 Å². The molecule has 2 heteroatoms. The van der Waals surface area contributed by atoms with Crippen molar-refractivity contribution >= 4 is 0 Å². The standard InChI is InChI=1S/C15H24N2/c1-12(2)9-14-10-16-15(11-17(14)3)13-7-5-4-6-8-13/h4-8,12,14-16H,9-11H2,1-3H3/t14-,15?/m1/s1. The molecule has 0 saturated carbocycles. The largest absolute Gasteiger partial charge is 0.307 e. The molecule has 0 radical (unpaired) electrons. The molecule has 0 aliphatic carbocycles. The summed E-state index contributed by atoms with van der Waals surface area (Å²) in [4.78, 5) is 2.51. The van der Waals surface area contributed by atoms with Gasteiger partial charge >= 0.3 is 0 Å². The fraction of sp³-hybridized carbons (Fsp3) is 0.600. The average Bonchev–Trinajstić information content (AvgIpc) is 2.32. The molecule has 1 fully saturated rings. The molecule has 0 aromatic heterocycles. The Kier molecular flexibility index (Phi) is 4.19. The Balaban J connectivity index is 1.95. The fourth-order valence-electron chi connectivity index (χ4n) is 2.65. The van der Waals surface area contributed by atoms with Crippen LogP contribution in [-0.4, -0.2) is 31.1 Å². The van der Waals surface area contributed by atoms with Crippen molar-refractivity contribution in [3.63, 3.8) is 0 Å². The van der Waals surface area contributed by atoms with E-state index in [4.69, 9.17) is 0 Å². The highest BCUT2D eigenvalue weighted by Gasteiger charge is 2.26. The average molecular weight is 232 g/mol. The molecule has 94 valence electrons. The highest BCUT2D eigenvalue weighted by Crippen LogP contribution is 2.21. The monoisotopic (exact) mass is 232 g/mol. The SMILES string of the molecule is CC(C)C[C@@H]1CNC(c2ccccc2)CN1C. The van der Waals surface area contributed by atoms with Gasteiger partial charge in [0.25, 0.3) is 0 Å². The van der Waals surface area contributed by atoms with Gasteiger partial charge in [-0.3, -0.25) is 0 Å². The van der Waals surface area contributed by atoms with Crippen molar-refractivity contribution in [2.45, 2.75) is 32.4 Å². The first kappa shape index (κ1) is 12.6. The van der Waals surface area contributed by atoms with Crippen molar-refractivity contribution in [3.8, 4) is 0 Å². The van der Waals surface area contributed by atoms with Crippen LogP contribution < -0.4 is 5.32 Å². The molecular formula is C15H24N2. The van der Waals surface area contributed by atoms with E-state index in [0.717, 1.165) is 19.0 Å². The van der Waals surface area contributed by atoms with Crippen LogP contribution in [0.3, 0.4) is 0 Å². The topological polar surface area (TPSA) is 15.3 Å². The zero-order valence-corrected chi connectivity index (χ0v) is 11.2. The van der Waals surface area contributed by atoms with Crippen molar-refractivity contribution in [2.24, 2.45) is 5.92 Å². The lowest BCUT2D eigenvalue weighted by Gasteiger charge is -2.39. The predicted octanol–water partition coefficient (Wildman–Crippen LogP) is 2.68. The van der Waals surface area contributed by atoms with Crippen LogP contribution in [0, 0.1) is 5.92 Å². The lowest BCUT2D eigenvalue weighted by molar-refractivity contribution is 0.145. The first-order valence-electron chi connectivity index (χ1n) is 6.65. The highest BCUT2D eigenvalue weighted by atomic mass is 15.2. The van der Waals surface area contributed by atoms with Crippen LogP contribution in [0.2, 0.25) is 0 Å². The number of piperazine rings is 1. The molecule has 1 N–H and O–H groups in total. The summed E-state index contributed by atoms with van der Waals surface area (Å²) >= 11 is 0. The summed E-state index contributed by atoms with van der Waals surface area (Å²) in [7, 11) is 2.25. The van der Waals surface area contributed by atoms with Gasteiger partial charge in [-0.1, -0.05) is 44.2 Å². The molecule has 0 bridgehead atoms. The zero-order chi connectivity index (χ0) is 12.3. The summed E-state index contributed by atoms with van der Waals surface area (Å²) in [6.07, 6.45) is 1.28. The summed E-state index contributed by atoms with van der Waals surface area (Å²) in [5, 5.41) is 3.68. The minimum atomic E-state index is 0.490. The third kappa shape index (κ3) is 3.30. The van der Waals surface area contributed by atoms with E-state index in [-0.39, 0.29) is 0 Å². The van der Waals surface area contributed by atoms with Crippen molar-refractivity contribution in [3.05, 3.63) is 35.9 Å². The van der Waals surface area contributed by atoms with Gasteiger partial charge in [-0.25, -0.2) is 0 Å². The molecule has 0 amide bonds. The Labute approximate surface area is 105 Å². The lowest BCUT2D eigenvalue weighted by Crippen LogP contribution is -2.51. The Bertz CT molecular complexity index is 334. The van der Waals surface area contributed by atoms with Crippen LogP contribution in [0.4, 0.5) is 0 Å². The van der Waals surface area contributed by atoms with Crippen molar-refractivity contribution in [1.82, 2.24) is 10.2 Å². The van der Waals surface area contributed by atoms with Crippen LogP contribution in [0.5, 0.6) is 0 Å². The number of hydrogen-bond donors (Lipinski definition) is 1. The molecule has 2 rings (SSSR count). The van der Waals surface area contributed by atoms with Gasteiger partial charge in [-0.05, 0) is 24.9 Å². The van der Waals surface area contributed by atoms with Gasteiger partial charge in [0.1, 0.15) is 0 Å². The van der Waals surface area contributed by atoms with Gasteiger partial charge in [-0.15, -0.1) is 0 Å². The van der Waals surface area contributed by atoms with Crippen LogP contribution in [0.25, 0.3) is 0 Å². The maximum Gasteiger partial charge on any atom is 0.0449 e. The van der Waals surface area contributed by atoms with Gasteiger partial charge in [0.05, 0.1) is 0 Å². The van der Waals surface area contributed by atoms with E-state index in [1.807, 2.05) is 0 Å². The van der Waals surface area contributed by atoms with E-state index in [1.54, 1.807) is 0 Å². The Morgan fingerprint density at radius 3 is 2.59 bits per heavy atom. The number of likely N-dealkylation sites (N-methyl/N-ethyl adjacent to an activating group) is 1. The van der Waals surface area contributed by atoms with Gasteiger partial charge in [-0.2, -0.15) is 0 Å². The number of hydrogen-bond acceptors (Lipinski definition) is 2. The third-order valence-electron chi connectivity index (χ3n) is 3.64. The fourth-order valence-corrected chi connectivity index (χ4v) is 2.65. The normalized spacial score (nSPS) is 26.4. The number of benzene rings is 1. The summed E-state index contributed by atoms with van der Waals surface area (Å²) < 4.78 is 0. The van der Waals surface area contributed by atoms with Crippen LogP contribution in [0.1, 0.15) is 31.9 Å². The summed E-state index contributed by atoms with van der Waals surface area (Å²) in [6.45, 7) is 6.82. The molecule has 1 aromatic carbocycles. The minimum Gasteiger partial charge on any atom is -0.307 e. The molecule has 2 atom stereocenters.